The van der Waals surface area contributed by atoms with E-state index in [1.54, 1.807) is 0 Å². The Morgan fingerprint density at radius 3 is 2.73 bits per heavy atom. The van der Waals surface area contributed by atoms with Crippen LogP contribution >= 0.6 is 0 Å². The molecule has 1 aromatic carbocycles. The largest absolute Gasteiger partial charge is 0.468 e. The summed E-state index contributed by atoms with van der Waals surface area (Å²) in [6.45, 7) is 2.92. The van der Waals surface area contributed by atoms with E-state index in [4.69, 9.17) is 4.74 Å². The van der Waals surface area contributed by atoms with Gasteiger partial charge in [0, 0.05) is 12.6 Å². The smallest absolute Gasteiger partial charge is 0.324 e. The van der Waals surface area contributed by atoms with Crippen molar-refractivity contribution < 1.29 is 9.53 Å². The first-order chi connectivity index (χ1) is 7.24. The lowest BCUT2D eigenvalue weighted by Gasteiger charge is -2.13. The lowest BCUT2D eigenvalue weighted by molar-refractivity contribution is -0.141. The first-order valence-corrected chi connectivity index (χ1v) is 5.12. The normalized spacial score (nSPS) is 25.7. The van der Waals surface area contributed by atoms with Gasteiger partial charge in [-0.25, -0.2) is 0 Å². The molecule has 0 radical (unpaired) electrons. The third-order valence-electron chi connectivity index (χ3n) is 2.90. The van der Waals surface area contributed by atoms with Gasteiger partial charge in [-0.1, -0.05) is 30.3 Å². The number of hydrogen-bond donors (Lipinski definition) is 0. The molecule has 0 aliphatic carbocycles. The highest BCUT2D eigenvalue weighted by atomic mass is 16.5. The minimum atomic E-state index is -0.127. The van der Waals surface area contributed by atoms with Crippen molar-refractivity contribution in [3.8, 4) is 0 Å². The van der Waals surface area contributed by atoms with Gasteiger partial charge in [0.25, 0.3) is 0 Å². The molecule has 0 N–H and O–H groups in total. The topological polar surface area (TPSA) is 29.3 Å². The fourth-order valence-corrected chi connectivity index (χ4v) is 1.85. The highest BCUT2D eigenvalue weighted by Gasteiger charge is 2.44. The number of hydrogen-bond acceptors (Lipinski definition) is 3. The second-order valence-electron chi connectivity index (χ2n) is 3.82. The molecule has 1 heterocycles. The Morgan fingerprint density at radius 2 is 2.13 bits per heavy atom. The van der Waals surface area contributed by atoms with E-state index in [1.165, 1.54) is 12.7 Å². The summed E-state index contributed by atoms with van der Waals surface area (Å²) < 4.78 is 4.71. The predicted octanol–water partition coefficient (Wildman–Crippen LogP) is 1.60. The molecule has 80 valence electrons. The highest BCUT2D eigenvalue weighted by molar-refractivity contribution is 5.79. The van der Waals surface area contributed by atoms with E-state index in [-0.39, 0.29) is 18.1 Å². The number of esters is 1. The molecule has 3 atom stereocenters. The molecular formula is C12H15NO2. The zero-order valence-corrected chi connectivity index (χ0v) is 9.01. The van der Waals surface area contributed by atoms with Crippen LogP contribution in [0.3, 0.4) is 0 Å². The van der Waals surface area contributed by atoms with Gasteiger partial charge in [-0.3, -0.25) is 9.69 Å². The van der Waals surface area contributed by atoms with Crippen molar-refractivity contribution >= 4 is 5.97 Å². The Bertz CT molecular complexity index is 350. The Kier molecular flexibility index (Phi) is 2.73. The monoisotopic (exact) mass is 205 g/mol. The number of methoxy groups -OCH3 is 1. The van der Waals surface area contributed by atoms with E-state index in [0.717, 1.165) is 6.54 Å². The fraction of sp³-hybridized carbons (Fsp3) is 0.417. The maximum absolute atomic E-state index is 11.3. The van der Waals surface area contributed by atoms with E-state index in [1.807, 2.05) is 18.2 Å². The lowest BCUT2D eigenvalue weighted by Crippen LogP contribution is -2.16. The quantitative estimate of drug-likeness (QED) is 0.554. The van der Waals surface area contributed by atoms with E-state index in [2.05, 4.69) is 24.0 Å². The second-order valence-corrected chi connectivity index (χ2v) is 3.82. The van der Waals surface area contributed by atoms with Gasteiger partial charge >= 0.3 is 5.97 Å². The molecule has 1 aliphatic heterocycles. The minimum absolute atomic E-state index is 0.0368. The summed E-state index contributed by atoms with van der Waals surface area (Å²) in [6.07, 6.45) is 0. The molecule has 1 fully saturated rings. The first-order valence-electron chi connectivity index (χ1n) is 5.12. The molecule has 2 unspecified atom stereocenters. The molecule has 0 bridgehead atoms. The van der Waals surface area contributed by atoms with Gasteiger partial charge in [0.05, 0.1) is 7.11 Å². The van der Waals surface area contributed by atoms with E-state index < -0.39 is 0 Å². The second kappa shape index (κ2) is 4.03. The van der Waals surface area contributed by atoms with Crippen molar-refractivity contribution in [2.24, 2.45) is 0 Å². The summed E-state index contributed by atoms with van der Waals surface area (Å²) in [5.41, 5.74) is 1.24. The summed E-state index contributed by atoms with van der Waals surface area (Å²) in [5, 5.41) is 0. The maximum Gasteiger partial charge on any atom is 0.324 e. The predicted molar refractivity (Wildman–Crippen MR) is 57.4 cm³/mol. The van der Waals surface area contributed by atoms with Crippen molar-refractivity contribution in [3.63, 3.8) is 0 Å². The maximum atomic E-state index is 11.3. The van der Waals surface area contributed by atoms with Gasteiger partial charge < -0.3 is 4.74 Å². The lowest BCUT2D eigenvalue weighted by atomic mass is 10.1. The number of carbonyl (C=O) groups excluding carboxylic acids is 1. The average molecular weight is 205 g/mol. The molecule has 15 heavy (non-hydrogen) atoms. The van der Waals surface area contributed by atoms with Crippen LogP contribution in [0.15, 0.2) is 30.3 Å². The Labute approximate surface area is 89.7 Å². The third-order valence-corrected chi connectivity index (χ3v) is 2.90. The average Bonchev–Trinajstić information content (AvgIpc) is 3.08. The molecule has 3 nitrogen and oxygen atoms in total. The SMILES string of the molecule is COC(=O)C1CN1[C@H](C)c1ccccc1. The van der Waals surface area contributed by atoms with E-state index in [9.17, 15) is 4.79 Å². The van der Waals surface area contributed by atoms with Crippen molar-refractivity contribution in [2.75, 3.05) is 13.7 Å². The van der Waals surface area contributed by atoms with Gasteiger partial charge in [-0.05, 0) is 12.5 Å². The van der Waals surface area contributed by atoms with Crippen LogP contribution in [0.1, 0.15) is 18.5 Å². The number of benzene rings is 1. The van der Waals surface area contributed by atoms with Gasteiger partial charge in [-0.2, -0.15) is 0 Å². The summed E-state index contributed by atoms with van der Waals surface area (Å²) in [7, 11) is 1.44. The molecule has 1 saturated heterocycles. The fourth-order valence-electron chi connectivity index (χ4n) is 1.85. The number of ether oxygens (including phenoxy) is 1. The van der Waals surface area contributed by atoms with Crippen molar-refractivity contribution in [1.29, 1.82) is 0 Å². The van der Waals surface area contributed by atoms with Crippen LogP contribution in [0.4, 0.5) is 0 Å². The molecule has 0 amide bonds. The standard InChI is InChI=1S/C12H15NO2/c1-9(10-6-4-3-5-7-10)13-8-11(13)12(14)15-2/h3-7,9,11H,8H2,1-2H3/t9-,11?,13?/m1/s1. The summed E-state index contributed by atoms with van der Waals surface area (Å²) >= 11 is 0. The van der Waals surface area contributed by atoms with Gasteiger partial charge in [-0.15, -0.1) is 0 Å². The number of carbonyl (C=O) groups is 1. The van der Waals surface area contributed by atoms with Crippen LogP contribution in [-0.2, 0) is 9.53 Å². The summed E-state index contributed by atoms with van der Waals surface area (Å²) in [5.74, 6) is -0.127. The summed E-state index contributed by atoms with van der Waals surface area (Å²) in [6, 6.07) is 10.4. The molecule has 1 aromatic rings. The van der Waals surface area contributed by atoms with Crippen LogP contribution in [0.2, 0.25) is 0 Å². The molecule has 2 rings (SSSR count). The molecule has 0 saturated carbocycles. The zero-order chi connectivity index (χ0) is 10.8. The zero-order valence-electron chi connectivity index (χ0n) is 9.01. The minimum Gasteiger partial charge on any atom is -0.468 e. The van der Waals surface area contributed by atoms with Crippen LogP contribution < -0.4 is 0 Å². The van der Waals surface area contributed by atoms with Gasteiger partial charge in [0.2, 0.25) is 0 Å². The van der Waals surface area contributed by atoms with Crippen LogP contribution in [0.25, 0.3) is 0 Å². The first kappa shape index (κ1) is 10.2. The highest BCUT2D eigenvalue weighted by Crippen LogP contribution is 2.31. The molecule has 0 spiro atoms. The van der Waals surface area contributed by atoms with E-state index in [0.29, 0.717) is 0 Å². The van der Waals surface area contributed by atoms with Crippen LogP contribution in [0.5, 0.6) is 0 Å². The number of rotatable bonds is 3. The van der Waals surface area contributed by atoms with E-state index >= 15 is 0 Å². The molecule has 3 heteroatoms. The van der Waals surface area contributed by atoms with Gasteiger partial charge in [0.15, 0.2) is 0 Å². The van der Waals surface area contributed by atoms with Crippen molar-refractivity contribution in [2.45, 2.75) is 19.0 Å². The third kappa shape index (κ3) is 2.02. The Morgan fingerprint density at radius 1 is 1.47 bits per heavy atom. The molecule has 0 aromatic heterocycles. The Hall–Kier alpha value is -1.35. The number of nitrogens with zero attached hydrogens (tertiary/aromatic N) is 1. The van der Waals surface area contributed by atoms with Crippen molar-refractivity contribution in [1.82, 2.24) is 4.90 Å². The van der Waals surface area contributed by atoms with Gasteiger partial charge in [0.1, 0.15) is 6.04 Å². The van der Waals surface area contributed by atoms with Crippen molar-refractivity contribution in [3.05, 3.63) is 35.9 Å². The van der Waals surface area contributed by atoms with Crippen LogP contribution in [0, 0.1) is 0 Å². The molecular weight excluding hydrogens is 190 g/mol. The summed E-state index contributed by atoms with van der Waals surface area (Å²) in [4.78, 5) is 13.4. The van der Waals surface area contributed by atoms with Crippen LogP contribution in [-0.4, -0.2) is 30.6 Å². The Balaban J connectivity index is 2.00. The molecule has 1 aliphatic rings.